The van der Waals surface area contributed by atoms with Crippen LogP contribution >= 0.6 is 0 Å². The average Bonchev–Trinajstić information content (AvgIpc) is 2.30. The van der Waals surface area contributed by atoms with Crippen molar-refractivity contribution in [2.24, 2.45) is 0 Å². The summed E-state index contributed by atoms with van der Waals surface area (Å²) in [5.74, 6) is -0.155. The van der Waals surface area contributed by atoms with E-state index >= 15 is 0 Å². The third-order valence-electron chi connectivity index (χ3n) is 2.39. The first-order chi connectivity index (χ1) is 8.04. The van der Waals surface area contributed by atoms with Gasteiger partial charge in [-0.1, -0.05) is 12.1 Å². The largest absolute Gasteiger partial charge is 0.508 e. The Morgan fingerprint density at radius 1 is 1.29 bits per heavy atom. The number of benzene rings is 1. The molecular formula is C13H18O4. The molecule has 0 unspecified atom stereocenters. The van der Waals surface area contributed by atoms with Crippen molar-refractivity contribution in [1.29, 1.82) is 0 Å². The number of carbonyl (C=O) groups is 1. The Balaban J connectivity index is 2.56. The van der Waals surface area contributed by atoms with Gasteiger partial charge in [0.1, 0.15) is 5.75 Å². The first-order valence-electron chi connectivity index (χ1n) is 5.65. The molecule has 1 aromatic rings. The number of rotatable bonds is 5. The summed E-state index contributed by atoms with van der Waals surface area (Å²) in [7, 11) is 0. The van der Waals surface area contributed by atoms with E-state index in [0.29, 0.717) is 6.61 Å². The summed E-state index contributed by atoms with van der Waals surface area (Å²) in [6.45, 7) is 5.62. The van der Waals surface area contributed by atoms with Crippen LogP contribution in [0.3, 0.4) is 0 Å². The SMILES string of the molecule is CCOC(=O)[C@H](C)O[C@@H](C)c1ccc(O)cc1. The van der Waals surface area contributed by atoms with Crippen molar-refractivity contribution in [3.63, 3.8) is 0 Å². The molecular weight excluding hydrogens is 220 g/mol. The number of phenols is 1. The van der Waals surface area contributed by atoms with Crippen LogP contribution in [0.2, 0.25) is 0 Å². The van der Waals surface area contributed by atoms with Gasteiger partial charge < -0.3 is 14.6 Å². The fraction of sp³-hybridized carbons (Fsp3) is 0.462. The van der Waals surface area contributed by atoms with Crippen LogP contribution in [0, 0.1) is 0 Å². The molecule has 0 saturated heterocycles. The fourth-order valence-electron chi connectivity index (χ4n) is 1.45. The zero-order valence-electron chi connectivity index (χ0n) is 10.3. The van der Waals surface area contributed by atoms with E-state index in [9.17, 15) is 4.79 Å². The van der Waals surface area contributed by atoms with E-state index < -0.39 is 6.10 Å². The van der Waals surface area contributed by atoms with Gasteiger partial charge in [-0.25, -0.2) is 4.79 Å². The highest BCUT2D eigenvalue weighted by Crippen LogP contribution is 2.21. The number of carbonyl (C=O) groups excluding carboxylic acids is 1. The average molecular weight is 238 g/mol. The Labute approximate surface area is 101 Å². The monoisotopic (exact) mass is 238 g/mol. The zero-order chi connectivity index (χ0) is 12.8. The zero-order valence-corrected chi connectivity index (χ0v) is 10.3. The lowest BCUT2D eigenvalue weighted by Crippen LogP contribution is -2.24. The third-order valence-corrected chi connectivity index (χ3v) is 2.39. The molecule has 0 bridgehead atoms. The molecule has 0 aromatic heterocycles. The standard InChI is InChI=1S/C13H18O4/c1-4-16-13(15)10(3)17-9(2)11-5-7-12(14)8-6-11/h5-10,14H,4H2,1-3H3/t9-,10-/m0/s1. The molecule has 0 fully saturated rings. The van der Waals surface area contributed by atoms with Crippen LogP contribution in [0.1, 0.15) is 32.4 Å². The van der Waals surface area contributed by atoms with Crippen molar-refractivity contribution in [2.45, 2.75) is 33.0 Å². The molecule has 0 spiro atoms. The topological polar surface area (TPSA) is 55.8 Å². The van der Waals surface area contributed by atoms with Crippen LogP contribution in [-0.2, 0) is 14.3 Å². The highest BCUT2D eigenvalue weighted by atomic mass is 16.6. The molecule has 1 rings (SSSR count). The number of hydrogen-bond acceptors (Lipinski definition) is 4. The molecule has 0 amide bonds. The van der Waals surface area contributed by atoms with Crippen molar-refractivity contribution in [3.8, 4) is 5.75 Å². The van der Waals surface area contributed by atoms with E-state index in [1.54, 1.807) is 38.1 Å². The number of esters is 1. The smallest absolute Gasteiger partial charge is 0.334 e. The lowest BCUT2D eigenvalue weighted by molar-refractivity contribution is -0.158. The maximum Gasteiger partial charge on any atom is 0.334 e. The van der Waals surface area contributed by atoms with Gasteiger partial charge in [0, 0.05) is 0 Å². The molecule has 17 heavy (non-hydrogen) atoms. The van der Waals surface area contributed by atoms with E-state index in [1.165, 1.54) is 0 Å². The highest BCUT2D eigenvalue weighted by molar-refractivity contribution is 5.74. The Bertz CT molecular complexity index is 358. The molecule has 94 valence electrons. The van der Waals surface area contributed by atoms with Crippen molar-refractivity contribution in [1.82, 2.24) is 0 Å². The summed E-state index contributed by atoms with van der Waals surface area (Å²) in [6.07, 6.45) is -0.825. The van der Waals surface area contributed by atoms with Gasteiger partial charge in [0.2, 0.25) is 0 Å². The van der Waals surface area contributed by atoms with Crippen LogP contribution in [0.4, 0.5) is 0 Å². The van der Waals surface area contributed by atoms with Gasteiger partial charge in [0.05, 0.1) is 12.7 Å². The second-order valence-corrected chi connectivity index (χ2v) is 3.76. The van der Waals surface area contributed by atoms with Gasteiger partial charge in [-0.15, -0.1) is 0 Å². The summed E-state index contributed by atoms with van der Waals surface area (Å²) >= 11 is 0. The Morgan fingerprint density at radius 2 is 1.88 bits per heavy atom. The molecule has 0 heterocycles. The van der Waals surface area contributed by atoms with E-state index in [0.717, 1.165) is 5.56 Å². The molecule has 0 radical (unpaired) electrons. The van der Waals surface area contributed by atoms with Crippen LogP contribution in [0.25, 0.3) is 0 Å². The van der Waals surface area contributed by atoms with Crippen molar-refractivity contribution in [2.75, 3.05) is 6.61 Å². The van der Waals surface area contributed by atoms with Gasteiger partial charge >= 0.3 is 5.97 Å². The van der Waals surface area contributed by atoms with Gasteiger partial charge in [0.25, 0.3) is 0 Å². The Hall–Kier alpha value is -1.55. The predicted molar refractivity (Wildman–Crippen MR) is 63.7 cm³/mol. The maximum atomic E-state index is 11.4. The third kappa shape index (κ3) is 4.07. The van der Waals surface area contributed by atoms with Gasteiger partial charge in [-0.05, 0) is 38.5 Å². The Kier molecular flexibility index (Phi) is 4.97. The maximum absolute atomic E-state index is 11.4. The molecule has 2 atom stereocenters. The van der Waals surface area contributed by atoms with E-state index in [2.05, 4.69) is 0 Å². The molecule has 0 aliphatic carbocycles. The second kappa shape index (κ2) is 6.25. The number of ether oxygens (including phenoxy) is 2. The van der Waals surface area contributed by atoms with Crippen LogP contribution in [-0.4, -0.2) is 23.8 Å². The van der Waals surface area contributed by atoms with Crippen LogP contribution < -0.4 is 0 Å². The predicted octanol–water partition coefficient (Wildman–Crippen LogP) is 2.42. The summed E-state index contributed by atoms with van der Waals surface area (Å²) < 4.78 is 10.4. The van der Waals surface area contributed by atoms with Gasteiger partial charge in [-0.2, -0.15) is 0 Å². The Morgan fingerprint density at radius 3 is 2.41 bits per heavy atom. The molecule has 4 heteroatoms. The van der Waals surface area contributed by atoms with Crippen LogP contribution in [0.15, 0.2) is 24.3 Å². The molecule has 0 aliphatic heterocycles. The summed E-state index contributed by atoms with van der Waals surface area (Å²) in [6, 6.07) is 6.70. The second-order valence-electron chi connectivity index (χ2n) is 3.76. The van der Waals surface area contributed by atoms with Crippen molar-refractivity contribution < 1.29 is 19.4 Å². The number of phenolic OH excluding ortho intramolecular Hbond substituents is 1. The molecule has 1 aromatic carbocycles. The van der Waals surface area contributed by atoms with Gasteiger partial charge in [-0.3, -0.25) is 0 Å². The highest BCUT2D eigenvalue weighted by Gasteiger charge is 2.18. The molecule has 0 aliphatic rings. The summed E-state index contributed by atoms with van der Waals surface area (Å²) in [5, 5.41) is 9.16. The van der Waals surface area contributed by atoms with E-state index in [4.69, 9.17) is 14.6 Å². The summed E-state index contributed by atoms with van der Waals surface area (Å²) in [5.41, 5.74) is 0.902. The molecule has 0 saturated carbocycles. The van der Waals surface area contributed by atoms with Crippen molar-refractivity contribution >= 4 is 5.97 Å². The normalized spacial score (nSPS) is 14.1. The van der Waals surface area contributed by atoms with E-state index in [1.807, 2.05) is 6.92 Å². The lowest BCUT2D eigenvalue weighted by Gasteiger charge is -2.18. The van der Waals surface area contributed by atoms with E-state index in [-0.39, 0.29) is 17.8 Å². The lowest BCUT2D eigenvalue weighted by atomic mass is 10.1. The van der Waals surface area contributed by atoms with Crippen molar-refractivity contribution in [3.05, 3.63) is 29.8 Å². The fourth-order valence-corrected chi connectivity index (χ4v) is 1.45. The number of hydrogen-bond donors (Lipinski definition) is 1. The first-order valence-corrected chi connectivity index (χ1v) is 5.65. The quantitative estimate of drug-likeness (QED) is 0.800. The molecule has 1 N–H and O–H groups in total. The number of aromatic hydroxyl groups is 1. The molecule has 4 nitrogen and oxygen atoms in total. The minimum Gasteiger partial charge on any atom is -0.508 e. The summed E-state index contributed by atoms with van der Waals surface area (Å²) in [4.78, 5) is 11.4. The first kappa shape index (κ1) is 13.5. The minimum atomic E-state index is -0.598. The van der Waals surface area contributed by atoms with Gasteiger partial charge in [0.15, 0.2) is 6.10 Å². The minimum absolute atomic E-state index is 0.208. The van der Waals surface area contributed by atoms with Crippen LogP contribution in [0.5, 0.6) is 5.75 Å².